The van der Waals surface area contributed by atoms with Crippen molar-refractivity contribution in [2.75, 3.05) is 19.6 Å². The summed E-state index contributed by atoms with van der Waals surface area (Å²) in [4.78, 5) is 18.0. The summed E-state index contributed by atoms with van der Waals surface area (Å²) in [6.45, 7) is 7.70. The molecule has 0 saturated carbocycles. The van der Waals surface area contributed by atoms with Crippen LogP contribution < -0.4 is 0 Å². The van der Waals surface area contributed by atoms with E-state index >= 15 is 0 Å². The number of hydrogen-bond acceptors (Lipinski definition) is 3. The summed E-state index contributed by atoms with van der Waals surface area (Å²) in [6, 6.07) is 0. The third-order valence-corrected chi connectivity index (χ3v) is 2.85. The molecule has 2 aliphatic heterocycles. The molecule has 2 heterocycles. The Morgan fingerprint density at radius 2 is 2.17 bits per heavy atom. The highest BCUT2D eigenvalue weighted by molar-refractivity contribution is 5.82. The van der Waals surface area contributed by atoms with Crippen LogP contribution in [0.25, 0.3) is 0 Å². The molecule has 0 aromatic heterocycles. The van der Waals surface area contributed by atoms with E-state index in [9.17, 15) is 4.79 Å². The van der Waals surface area contributed by atoms with Crippen LogP contribution >= 0.6 is 0 Å². The fourth-order valence-electron chi connectivity index (χ4n) is 2.01. The van der Waals surface area contributed by atoms with Gasteiger partial charge in [0.2, 0.25) is 0 Å². The largest absolute Gasteiger partial charge is 0.444 e. The van der Waals surface area contributed by atoms with Crippen molar-refractivity contribution in [3.63, 3.8) is 0 Å². The van der Waals surface area contributed by atoms with E-state index < -0.39 is 5.60 Å². The molecule has 2 aliphatic rings. The van der Waals surface area contributed by atoms with Crippen LogP contribution in [0.3, 0.4) is 0 Å². The molecule has 0 N–H and O–H groups in total. The van der Waals surface area contributed by atoms with E-state index in [1.807, 2.05) is 33.1 Å². The topological polar surface area (TPSA) is 41.9 Å². The summed E-state index contributed by atoms with van der Waals surface area (Å²) >= 11 is 0. The van der Waals surface area contributed by atoms with Crippen molar-refractivity contribution < 1.29 is 9.53 Å². The zero-order chi connectivity index (χ0) is 13.2. The van der Waals surface area contributed by atoms with Gasteiger partial charge in [-0.1, -0.05) is 12.2 Å². The minimum atomic E-state index is -0.438. The smallest absolute Gasteiger partial charge is 0.410 e. The monoisotopic (exact) mass is 248 g/mol. The molecule has 0 aromatic carbocycles. The van der Waals surface area contributed by atoms with Crippen LogP contribution in [0.15, 0.2) is 28.3 Å². The predicted octanol–water partition coefficient (Wildman–Crippen LogP) is 2.56. The number of rotatable bonds is 0. The van der Waals surface area contributed by atoms with E-state index in [0.29, 0.717) is 13.1 Å². The van der Waals surface area contributed by atoms with E-state index in [1.165, 1.54) is 11.1 Å². The van der Waals surface area contributed by atoms with Gasteiger partial charge in [0.25, 0.3) is 0 Å². The number of ether oxygens (including phenoxy) is 1. The van der Waals surface area contributed by atoms with Gasteiger partial charge in [-0.25, -0.2) is 4.79 Å². The molecule has 0 spiro atoms. The summed E-state index contributed by atoms with van der Waals surface area (Å²) in [5, 5.41) is 0. The van der Waals surface area contributed by atoms with Crippen LogP contribution in [0, 0.1) is 0 Å². The number of carbonyl (C=O) groups is 1. The van der Waals surface area contributed by atoms with Crippen molar-refractivity contribution in [1.29, 1.82) is 0 Å². The Morgan fingerprint density at radius 1 is 1.39 bits per heavy atom. The van der Waals surface area contributed by atoms with Crippen LogP contribution in [0.5, 0.6) is 0 Å². The van der Waals surface area contributed by atoms with Crippen molar-refractivity contribution in [1.82, 2.24) is 4.90 Å². The van der Waals surface area contributed by atoms with Gasteiger partial charge in [0.1, 0.15) is 5.60 Å². The molecular formula is C14H20N2O2. The maximum absolute atomic E-state index is 12.0. The molecule has 0 bridgehead atoms. The molecule has 2 rings (SSSR count). The Labute approximate surface area is 108 Å². The second-order valence-electron chi connectivity index (χ2n) is 5.60. The second kappa shape index (κ2) is 4.96. The lowest BCUT2D eigenvalue weighted by atomic mass is 10.0. The Hall–Kier alpha value is -1.58. The molecule has 0 atom stereocenters. The van der Waals surface area contributed by atoms with Crippen LogP contribution in [-0.4, -0.2) is 42.4 Å². The summed E-state index contributed by atoms with van der Waals surface area (Å²) in [5.74, 6) is 0. The highest BCUT2D eigenvalue weighted by Crippen LogP contribution is 2.21. The summed E-state index contributed by atoms with van der Waals surface area (Å²) in [5.41, 5.74) is 1.98. The first-order valence-corrected chi connectivity index (χ1v) is 6.32. The van der Waals surface area contributed by atoms with Gasteiger partial charge in [0.05, 0.1) is 6.54 Å². The van der Waals surface area contributed by atoms with E-state index in [0.717, 1.165) is 13.0 Å². The minimum Gasteiger partial charge on any atom is -0.444 e. The number of carbonyl (C=O) groups excluding carboxylic acids is 1. The van der Waals surface area contributed by atoms with Gasteiger partial charge in [-0.2, -0.15) is 0 Å². The highest BCUT2D eigenvalue weighted by Gasteiger charge is 2.25. The van der Waals surface area contributed by atoms with Gasteiger partial charge in [0, 0.05) is 19.3 Å². The van der Waals surface area contributed by atoms with Crippen LogP contribution in [-0.2, 0) is 4.74 Å². The normalized spacial score (nSPS) is 19.6. The van der Waals surface area contributed by atoms with Crippen molar-refractivity contribution in [2.45, 2.75) is 32.8 Å². The maximum Gasteiger partial charge on any atom is 0.410 e. The van der Waals surface area contributed by atoms with Gasteiger partial charge in [-0.05, 0) is 38.3 Å². The molecule has 98 valence electrons. The van der Waals surface area contributed by atoms with Crippen LogP contribution in [0.2, 0.25) is 0 Å². The Balaban J connectivity index is 2.05. The third kappa shape index (κ3) is 3.22. The average Bonchev–Trinajstić information content (AvgIpc) is 2.50. The summed E-state index contributed by atoms with van der Waals surface area (Å²) in [6.07, 6.45) is 6.64. The third-order valence-electron chi connectivity index (χ3n) is 2.85. The van der Waals surface area contributed by atoms with Crippen LogP contribution in [0.4, 0.5) is 4.79 Å². The van der Waals surface area contributed by atoms with Crippen molar-refractivity contribution >= 4 is 12.3 Å². The molecule has 0 aliphatic carbocycles. The highest BCUT2D eigenvalue weighted by atomic mass is 16.6. The molecule has 0 saturated heterocycles. The quantitative estimate of drug-likeness (QED) is 0.661. The lowest BCUT2D eigenvalue weighted by Crippen LogP contribution is -2.40. The minimum absolute atomic E-state index is 0.233. The Morgan fingerprint density at radius 3 is 2.89 bits per heavy atom. The molecule has 4 heteroatoms. The first-order valence-electron chi connectivity index (χ1n) is 6.32. The lowest BCUT2D eigenvalue weighted by molar-refractivity contribution is 0.0263. The van der Waals surface area contributed by atoms with Gasteiger partial charge in [-0.3, -0.25) is 4.99 Å². The molecule has 0 fully saturated rings. The SMILES string of the molecule is CC(C)(C)OC(=O)N1CCC2=C(C=CCN=C2)C1. The van der Waals surface area contributed by atoms with Crippen molar-refractivity contribution in [3.8, 4) is 0 Å². The number of amides is 1. The molecule has 4 nitrogen and oxygen atoms in total. The van der Waals surface area contributed by atoms with Gasteiger partial charge < -0.3 is 9.64 Å². The van der Waals surface area contributed by atoms with Crippen molar-refractivity contribution in [2.24, 2.45) is 4.99 Å². The molecule has 18 heavy (non-hydrogen) atoms. The van der Waals surface area contributed by atoms with Crippen molar-refractivity contribution in [3.05, 3.63) is 23.3 Å². The zero-order valence-corrected chi connectivity index (χ0v) is 11.3. The first kappa shape index (κ1) is 12.9. The van der Waals surface area contributed by atoms with E-state index in [-0.39, 0.29) is 6.09 Å². The van der Waals surface area contributed by atoms with Gasteiger partial charge in [0.15, 0.2) is 0 Å². The zero-order valence-electron chi connectivity index (χ0n) is 11.3. The fraction of sp³-hybridized carbons (Fsp3) is 0.571. The fourth-order valence-corrected chi connectivity index (χ4v) is 2.01. The molecule has 0 unspecified atom stereocenters. The Kier molecular flexibility index (Phi) is 3.55. The lowest BCUT2D eigenvalue weighted by Gasteiger charge is -2.31. The Bertz CT molecular complexity index is 428. The van der Waals surface area contributed by atoms with E-state index in [2.05, 4.69) is 11.1 Å². The first-order chi connectivity index (χ1) is 8.46. The molecular weight excluding hydrogens is 228 g/mol. The van der Waals surface area contributed by atoms with E-state index in [4.69, 9.17) is 4.74 Å². The summed E-state index contributed by atoms with van der Waals surface area (Å²) in [7, 11) is 0. The summed E-state index contributed by atoms with van der Waals surface area (Å²) < 4.78 is 5.39. The maximum atomic E-state index is 12.0. The van der Waals surface area contributed by atoms with Crippen LogP contribution in [0.1, 0.15) is 27.2 Å². The predicted molar refractivity (Wildman–Crippen MR) is 71.9 cm³/mol. The second-order valence-corrected chi connectivity index (χ2v) is 5.60. The standard InChI is InChI=1S/C14H20N2O2/c1-14(2,3)18-13(17)16-8-6-11-9-15-7-4-5-12(11)10-16/h4-5,9H,6-8,10H2,1-3H3. The number of hydrogen-bond donors (Lipinski definition) is 0. The van der Waals surface area contributed by atoms with E-state index in [1.54, 1.807) is 4.90 Å². The van der Waals surface area contributed by atoms with Gasteiger partial charge >= 0.3 is 6.09 Å². The average molecular weight is 248 g/mol. The molecule has 1 amide bonds. The van der Waals surface area contributed by atoms with Gasteiger partial charge in [-0.15, -0.1) is 0 Å². The number of nitrogens with zero attached hydrogens (tertiary/aromatic N) is 2. The molecule has 0 radical (unpaired) electrons. The molecule has 0 aromatic rings. The number of aliphatic imine (C=N–C) groups is 1.